The molecule has 1 atom stereocenters. The molecule has 0 bridgehead atoms. The quantitative estimate of drug-likeness (QED) is 0.821. The molecule has 5 nitrogen and oxygen atoms in total. The molecule has 1 saturated heterocycles. The van der Waals surface area contributed by atoms with Gasteiger partial charge in [-0.05, 0) is 37.8 Å². The van der Waals surface area contributed by atoms with Crippen LogP contribution in [0.1, 0.15) is 36.8 Å². The van der Waals surface area contributed by atoms with Gasteiger partial charge >= 0.3 is 0 Å². The standard InChI is InChI=1S/C18H24N4O/c1-3-16-10-18(21-14(2)20-16)22(13-17-7-5-9-23-17)12-15-6-4-8-19-11-15/h4,6,8,10-11,17H,3,5,7,9,12-13H2,1-2H3. The first-order valence-corrected chi connectivity index (χ1v) is 8.34. The molecule has 3 heterocycles. The molecule has 0 amide bonds. The lowest BCUT2D eigenvalue weighted by Crippen LogP contribution is -2.32. The summed E-state index contributed by atoms with van der Waals surface area (Å²) in [6.45, 7) is 6.59. The fraction of sp³-hybridized carbons (Fsp3) is 0.500. The summed E-state index contributed by atoms with van der Waals surface area (Å²) in [6, 6.07) is 6.17. The van der Waals surface area contributed by atoms with E-state index in [0.29, 0.717) is 0 Å². The molecule has 122 valence electrons. The van der Waals surface area contributed by atoms with Gasteiger partial charge in [0.1, 0.15) is 11.6 Å². The minimum atomic E-state index is 0.284. The highest BCUT2D eigenvalue weighted by Crippen LogP contribution is 2.21. The lowest BCUT2D eigenvalue weighted by molar-refractivity contribution is 0.115. The van der Waals surface area contributed by atoms with E-state index in [1.54, 1.807) is 6.20 Å². The number of aryl methyl sites for hydroxylation is 2. The maximum atomic E-state index is 5.83. The van der Waals surface area contributed by atoms with Gasteiger partial charge in [-0.25, -0.2) is 9.97 Å². The van der Waals surface area contributed by atoms with E-state index in [9.17, 15) is 0 Å². The van der Waals surface area contributed by atoms with Crippen molar-refractivity contribution >= 4 is 5.82 Å². The average molecular weight is 312 g/mol. The van der Waals surface area contributed by atoms with Crippen LogP contribution in [-0.4, -0.2) is 34.2 Å². The van der Waals surface area contributed by atoms with Crippen molar-refractivity contribution in [1.29, 1.82) is 0 Å². The van der Waals surface area contributed by atoms with Crippen molar-refractivity contribution in [2.45, 2.75) is 45.8 Å². The van der Waals surface area contributed by atoms with Crippen molar-refractivity contribution in [2.75, 3.05) is 18.1 Å². The SMILES string of the molecule is CCc1cc(N(Cc2cccnc2)CC2CCCO2)nc(C)n1. The molecule has 5 heteroatoms. The first-order valence-electron chi connectivity index (χ1n) is 8.34. The highest BCUT2D eigenvalue weighted by atomic mass is 16.5. The second kappa shape index (κ2) is 7.51. The van der Waals surface area contributed by atoms with Crippen LogP contribution in [0.5, 0.6) is 0 Å². The summed E-state index contributed by atoms with van der Waals surface area (Å²) in [5.41, 5.74) is 2.26. The zero-order valence-corrected chi connectivity index (χ0v) is 13.9. The number of rotatable bonds is 6. The van der Waals surface area contributed by atoms with Crippen molar-refractivity contribution in [1.82, 2.24) is 15.0 Å². The van der Waals surface area contributed by atoms with Gasteiger partial charge in [0.2, 0.25) is 0 Å². The second-order valence-electron chi connectivity index (χ2n) is 6.00. The Morgan fingerprint density at radius 1 is 1.35 bits per heavy atom. The van der Waals surface area contributed by atoms with Gasteiger partial charge in [-0.15, -0.1) is 0 Å². The van der Waals surface area contributed by atoms with Crippen molar-refractivity contribution < 1.29 is 4.74 Å². The summed E-state index contributed by atoms with van der Waals surface area (Å²) in [7, 11) is 0. The van der Waals surface area contributed by atoms with Crippen LogP contribution in [0.3, 0.4) is 0 Å². The zero-order chi connectivity index (χ0) is 16.1. The molecule has 3 rings (SSSR count). The van der Waals surface area contributed by atoms with Crippen molar-refractivity contribution in [3.63, 3.8) is 0 Å². The molecule has 1 aliphatic rings. The fourth-order valence-electron chi connectivity index (χ4n) is 2.94. The molecular weight excluding hydrogens is 288 g/mol. The number of hydrogen-bond acceptors (Lipinski definition) is 5. The third kappa shape index (κ3) is 4.26. The molecule has 1 fully saturated rings. The minimum Gasteiger partial charge on any atom is -0.376 e. The molecule has 0 spiro atoms. The van der Waals surface area contributed by atoms with E-state index in [-0.39, 0.29) is 6.10 Å². The topological polar surface area (TPSA) is 51.1 Å². The molecule has 0 aliphatic carbocycles. The fourth-order valence-corrected chi connectivity index (χ4v) is 2.94. The van der Waals surface area contributed by atoms with Gasteiger partial charge in [0.15, 0.2) is 0 Å². The van der Waals surface area contributed by atoms with Gasteiger partial charge in [0.25, 0.3) is 0 Å². The van der Waals surface area contributed by atoms with Gasteiger partial charge in [-0.1, -0.05) is 13.0 Å². The van der Waals surface area contributed by atoms with E-state index in [1.807, 2.05) is 19.2 Å². The van der Waals surface area contributed by atoms with E-state index in [0.717, 1.165) is 56.3 Å². The monoisotopic (exact) mass is 312 g/mol. The Hall–Kier alpha value is -2.01. The van der Waals surface area contributed by atoms with Crippen LogP contribution in [0.2, 0.25) is 0 Å². The Morgan fingerprint density at radius 3 is 2.96 bits per heavy atom. The molecule has 0 radical (unpaired) electrons. The van der Waals surface area contributed by atoms with Crippen molar-refractivity contribution in [2.24, 2.45) is 0 Å². The molecule has 0 aromatic carbocycles. The van der Waals surface area contributed by atoms with Crippen LogP contribution in [0.25, 0.3) is 0 Å². The summed E-state index contributed by atoms with van der Waals surface area (Å²) in [5, 5.41) is 0. The molecular formula is C18H24N4O. The number of ether oxygens (including phenoxy) is 1. The molecule has 1 aliphatic heterocycles. The Labute approximate surface area is 137 Å². The van der Waals surface area contributed by atoms with E-state index in [2.05, 4.69) is 38.9 Å². The highest BCUT2D eigenvalue weighted by molar-refractivity contribution is 5.41. The third-order valence-electron chi connectivity index (χ3n) is 4.11. The summed E-state index contributed by atoms with van der Waals surface area (Å²) >= 11 is 0. The number of pyridine rings is 1. The van der Waals surface area contributed by atoms with Crippen LogP contribution in [0.15, 0.2) is 30.6 Å². The molecule has 1 unspecified atom stereocenters. The normalized spacial score (nSPS) is 17.4. The third-order valence-corrected chi connectivity index (χ3v) is 4.11. The van der Waals surface area contributed by atoms with E-state index in [1.165, 1.54) is 5.56 Å². The Morgan fingerprint density at radius 2 is 2.26 bits per heavy atom. The number of nitrogens with zero attached hydrogens (tertiary/aromatic N) is 4. The van der Waals surface area contributed by atoms with E-state index in [4.69, 9.17) is 4.74 Å². The molecule has 23 heavy (non-hydrogen) atoms. The van der Waals surface area contributed by atoms with Crippen LogP contribution in [0.4, 0.5) is 5.82 Å². The van der Waals surface area contributed by atoms with Crippen LogP contribution in [-0.2, 0) is 17.7 Å². The minimum absolute atomic E-state index is 0.284. The van der Waals surface area contributed by atoms with Crippen LogP contribution in [0, 0.1) is 6.92 Å². The molecule has 0 saturated carbocycles. The van der Waals surface area contributed by atoms with Crippen molar-refractivity contribution in [3.05, 3.63) is 47.7 Å². The number of hydrogen-bond donors (Lipinski definition) is 0. The van der Waals surface area contributed by atoms with E-state index < -0.39 is 0 Å². The Balaban J connectivity index is 1.85. The number of anilines is 1. The van der Waals surface area contributed by atoms with Gasteiger partial charge in [-0.2, -0.15) is 0 Å². The highest BCUT2D eigenvalue weighted by Gasteiger charge is 2.21. The summed E-state index contributed by atoms with van der Waals surface area (Å²) in [4.78, 5) is 15.7. The first kappa shape index (κ1) is 15.9. The molecule has 2 aromatic rings. The summed E-state index contributed by atoms with van der Waals surface area (Å²) in [6.07, 6.45) is 7.18. The number of aromatic nitrogens is 3. The predicted molar refractivity (Wildman–Crippen MR) is 90.4 cm³/mol. The maximum Gasteiger partial charge on any atom is 0.132 e. The van der Waals surface area contributed by atoms with Gasteiger partial charge in [0, 0.05) is 43.9 Å². The van der Waals surface area contributed by atoms with Gasteiger partial charge < -0.3 is 9.64 Å². The van der Waals surface area contributed by atoms with Crippen molar-refractivity contribution in [3.8, 4) is 0 Å². The van der Waals surface area contributed by atoms with Crippen LogP contribution < -0.4 is 4.90 Å². The average Bonchev–Trinajstić information content (AvgIpc) is 3.07. The largest absolute Gasteiger partial charge is 0.376 e. The second-order valence-corrected chi connectivity index (χ2v) is 6.00. The maximum absolute atomic E-state index is 5.83. The molecule has 2 aromatic heterocycles. The lowest BCUT2D eigenvalue weighted by atomic mass is 10.2. The predicted octanol–water partition coefficient (Wildman–Crippen LogP) is 2.93. The Kier molecular flexibility index (Phi) is 5.18. The van der Waals surface area contributed by atoms with Gasteiger partial charge in [-0.3, -0.25) is 4.98 Å². The zero-order valence-electron chi connectivity index (χ0n) is 13.9. The lowest BCUT2D eigenvalue weighted by Gasteiger charge is -2.27. The first-order chi connectivity index (χ1) is 11.2. The summed E-state index contributed by atoms with van der Waals surface area (Å²) < 4.78 is 5.83. The van der Waals surface area contributed by atoms with Gasteiger partial charge in [0.05, 0.1) is 6.10 Å². The van der Waals surface area contributed by atoms with E-state index >= 15 is 0 Å². The molecule has 0 N–H and O–H groups in total. The smallest absolute Gasteiger partial charge is 0.132 e. The summed E-state index contributed by atoms with van der Waals surface area (Å²) in [5.74, 6) is 1.80. The van der Waals surface area contributed by atoms with Crippen LogP contribution >= 0.6 is 0 Å². The Bertz CT molecular complexity index is 626.